The van der Waals surface area contributed by atoms with Gasteiger partial charge in [0.15, 0.2) is 0 Å². The Hall–Kier alpha value is -1.15. The summed E-state index contributed by atoms with van der Waals surface area (Å²) >= 11 is 0. The van der Waals surface area contributed by atoms with Gasteiger partial charge < -0.3 is 5.32 Å². The summed E-state index contributed by atoms with van der Waals surface area (Å²) in [6.45, 7) is 0.859. The van der Waals surface area contributed by atoms with E-state index in [1.165, 1.54) is 17.3 Å². The summed E-state index contributed by atoms with van der Waals surface area (Å²) in [7, 11) is 0. The van der Waals surface area contributed by atoms with Crippen LogP contribution in [-0.4, -0.2) is 12.3 Å². The van der Waals surface area contributed by atoms with Crippen molar-refractivity contribution in [1.82, 2.24) is 10.7 Å². The van der Waals surface area contributed by atoms with E-state index in [1.54, 1.807) is 0 Å². The lowest BCUT2D eigenvalue weighted by Gasteiger charge is -2.22. The van der Waals surface area contributed by atoms with Crippen molar-refractivity contribution in [3.63, 3.8) is 0 Å². The molecule has 0 saturated heterocycles. The molecule has 1 radical (unpaired) electrons. The van der Waals surface area contributed by atoms with Gasteiger partial charge >= 0.3 is 0 Å². The van der Waals surface area contributed by atoms with E-state index < -0.39 is 0 Å². The second kappa shape index (κ2) is 3.07. The summed E-state index contributed by atoms with van der Waals surface area (Å²) in [4.78, 5) is 0. The highest BCUT2D eigenvalue weighted by molar-refractivity contribution is 5.63. The monoisotopic (exact) mass is 159 g/mol. The number of rotatable bonds is 1. The van der Waals surface area contributed by atoms with Crippen LogP contribution in [-0.2, 0) is 13.0 Å². The van der Waals surface area contributed by atoms with Crippen LogP contribution in [0.1, 0.15) is 11.1 Å². The van der Waals surface area contributed by atoms with Crippen molar-refractivity contribution in [3.8, 4) is 0 Å². The topological polar surface area (TPSA) is 34.3 Å². The number of nitrogens with zero attached hydrogens (tertiary/aromatic N) is 1. The first-order valence-electron chi connectivity index (χ1n) is 4.18. The average molecular weight is 159 g/mol. The van der Waals surface area contributed by atoms with Gasteiger partial charge in [-0.3, -0.25) is 0 Å². The molecule has 0 spiro atoms. The van der Waals surface area contributed by atoms with Gasteiger partial charge in [-0.05, 0) is 17.5 Å². The molecule has 0 aromatic heterocycles. The molecule has 0 fully saturated rings. The van der Waals surface area contributed by atoms with Gasteiger partial charge in [-0.25, -0.2) is 0 Å². The summed E-state index contributed by atoms with van der Waals surface area (Å²) in [5.41, 5.74) is 2.68. The lowest BCUT2D eigenvalue weighted by atomic mass is 9.97. The number of nitrogens with one attached hydrogen (secondary N) is 1. The normalized spacial score (nSPS) is 21.5. The summed E-state index contributed by atoms with van der Waals surface area (Å²) in [5.74, 6) is 0. The molecule has 2 rings (SSSR count). The Morgan fingerprint density at radius 2 is 2.08 bits per heavy atom. The van der Waals surface area contributed by atoms with E-state index in [1.807, 2.05) is 12.1 Å². The summed E-state index contributed by atoms with van der Waals surface area (Å²) in [5, 5.41) is 12.0. The molecule has 2 heteroatoms. The van der Waals surface area contributed by atoms with E-state index >= 15 is 0 Å². The lowest BCUT2D eigenvalue weighted by molar-refractivity contribution is 0.584. The zero-order chi connectivity index (χ0) is 8.39. The van der Waals surface area contributed by atoms with Crippen LogP contribution in [0.4, 0.5) is 0 Å². The molecule has 1 aromatic rings. The van der Waals surface area contributed by atoms with Gasteiger partial charge in [0.2, 0.25) is 0 Å². The van der Waals surface area contributed by atoms with Crippen LogP contribution in [0.2, 0.25) is 0 Å². The van der Waals surface area contributed by atoms with Crippen molar-refractivity contribution < 1.29 is 0 Å². The number of hydrogen-bond acceptors (Lipinski definition) is 1. The Bertz CT molecular complexity index is 294. The largest absolute Gasteiger partial charge is 0.305 e. The highest BCUT2D eigenvalue weighted by Crippen LogP contribution is 2.14. The first-order chi connectivity index (χ1) is 5.90. The lowest BCUT2D eigenvalue weighted by Crippen LogP contribution is -2.36. The smallest absolute Gasteiger partial charge is 0.0486 e. The highest BCUT2D eigenvalue weighted by Gasteiger charge is 2.14. The summed E-state index contributed by atoms with van der Waals surface area (Å²) in [6, 6.07) is 8.45. The van der Waals surface area contributed by atoms with E-state index in [0.717, 1.165) is 13.0 Å². The van der Waals surface area contributed by atoms with Gasteiger partial charge in [0.1, 0.15) is 0 Å². The molecule has 12 heavy (non-hydrogen) atoms. The van der Waals surface area contributed by atoms with E-state index in [-0.39, 0.29) is 6.04 Å². The first-order valence-corrected chi connectivity index (χ1v) is 4.18. The minimum Gasteiger partial charge on any atom is -0.305 e. The highest BCUT2D eigenvalue weighted by atomic mass is 14.9. The zero-order valence-corrected chi connectivity index (χ0v) is 6.83. The van der Waals surface area contributed by atoms with Crippen molar-refractivity contribution in [2.75, 3.05) is 0 Å². The fourth-order valence-corrected chi connectivity index (χ4v) is 1.58. The third kappa shape index (κ3) is 1.25. The molecular weight excluding hydrogens is 148 g/mol. The fourth-order valence-electron chi connectivity index (χ4n) is 1.58. The van der Waals surface area contributed by atoms with E-state index in [4.69, 9.17) is 5.41 Å². The molecule has 1 aliphatic heterocycles. The molecule has 1 aliphatic rings. The van der Waals surface area contributed by atoms with Crippen LogP contribution >= 0.6 is 0 Å². The molecule has 0 saturated carbocycles. The molecule has 1 N–H and O–H groups in total. The van der Waals surface area contributed by atoms with Crippen LogP contribution in [0.25, 0.3) is 0 Å². The average Bonchev–Trinajstić information content (AvgIpc) is 2.17. The van der Waals surface area contributed by atoms with Crippen LogP contribution in [0.3, 0.4) is 0 Å². The molecule has 0 bridgehead atoms. The molecular formula is C10H11N2. The Balaban J connectivity index is 2.28. The Morgan fingerprint density at radius 1 is 1.33 bits per heavy atom. The van der Waals surface area contributed by atoms with Crippen molar-refractivity contribution in [1.29, 1.82) is 0 Å². The Kier molecular flexibility index (Phi) is 1.92. The SMILES string of the molecule is [N]=C[C@@H]1Cc2ccccc2CN1. The predicted octanol–water partition coefficient (Wildman–Crippen LogP) is 0.572. The maximum atomic E-state index is 8.83. The van der Waals surface area contributed by atoms with Gasteiger partial charge in [0, 0.05) is 18.8 Å². The Morgan fingerprint density at radius 3 is 2.83 bits per heavy atom. The molecule has 61 valence electrons. The van der Waals surface area contributed by atoms with Gasteiger partial charge in [0.05, 0.1) is 0 Å². The molecule has 1 atom stereocenters. The quantitative estimate of drug-likeness (QED) is 0.597. The maximum absolute atomic E-state index is 8.83. The summed E-state index contributed by atoms with van der Waals surface area (Å²) in [6.07, 6.45) is 2.13. The zero-order valence-electron chi connectivity index (χ0n) is 6.83. The maximum Gasteiger partial charge on any atom is 0.0486 e. The second-order valence-electron chi connectivity index (χ2n) is 3.11. The summed E-state index contributed by atoms with van der Waals surface area (Å²) < 4.78 is 0. The van der Waals surface area contributed by atoms with Crippen LogP contribution in [0, 0.1) is 0 Å². The third-order valence-electron chi connectivity index (χ3n) is 2.29. The van der Waals surface area contributed by atoms with Crippen molar-refractivity contribution >= 4 is 6.21 Å². The van der Waals surface area contributed by atoms with E-state index in [2.05, 4.69) is 17.4 Å². The number of benzene rings is 1. The minimum absolute atomic E-state index is 0.125. The molecule has 0 unspecified atom stereocenters. The van der Waals surface area contributed by atoms with Crippen LogP contribution in [0.15, 0.2) is 24.3 Å². The molecule has 2 nitrogen and oxygen atoms in total. The number of hydrogen-bond donors (Lipinski definition) is 1. The van der Waals surface area contributed by atoms with E-state index in [9.17, 15) is 0 Å². The van der Waals surface area contributed by atoms with Gasteiger partial charge in [-0.2, -0.15) is 5.41 Å². The van der Waals surface area contributed by atoms with Gasteiger partial charge in [-0.1, -0.05) is 24.3 Å². The van der Waals surface area contributed by atoms with Gasteiger partial charge in [-0.15, -0.1) is 0 Å². The van der Waals surface area contributed by atoms with Crippen molar-refractivity contribution in [2.45, 2.75) is 19.0 Å². The third-order valence-corrected chi connectivity index (χ3v) is 2.29. The van der Waals surface area contributed by atoms with Crippen LogP contribution in [0.5, 0.6) is 0 Å². The Labute approximate surface area is 72.1 Å². The molecule has 1 aromatic carbocycles. The fraction of sp³-hybridized carbons (Fsp3) is 0.300. The van der Waals surface area contributed by atoms with Crippen LogP contribution < -0.4 is 10.7 Å². The molecule has 0 aliphatic carbocycles. The van der Waals surface area contributed by atoms with Gasteiger partial charge in [0.25, 0.3) is 0 Å². The molecule has 1 heterocycles. The van der Waals surface area contributed by atoms with E-state index in [0.29, 0.717) is 0 Å². The standard InChI is InChI=1S/C10H11N2/c11-6-10-5-8-3-1-2-4-9(8)7-12-10/h1-4,6,10,12H,5,7H2/t10-/m0/s1. The molecule has 0 amide bonds. The van der Waals surface area contributed by atoms with Crippen molar-refractivity contribution in [3.05, 3.63) is 35.4 Å². The predicted molar refractivity (Wildman–Crippen MR) is 49.0 cm³/mol. The number of fused-ring (bicyclic) bond motifs is 1. The minimum atomic E-state index is 0.125. The first kappa shape index (κ1) is 7.50. The van der Waals surface area contributed by atoms with Crippen molar-refractivity contribution in [2.24, 2.45) is 0 Å². The second-order valence-corrected chi connectivity index (χ2v) is 3.11.